The van der Waals surface area contributed by atoms with Gasteiger partial charge in [0.2, 0.25) is 0 Å². The first kappa shape index (κ1) is 36.3. The average Bonchev–Trinajstić information content (AvgIpc) is 3.60. The van der Waals surface area contributed by atoms with Gasteiger partial charge >= 0.3 is 0 Å². The zero-order valence-electron chi connectivity index (χ0n) is 33.3. The largest absolute Gasteiger partial charge is 0.398 e. The van der Waals surface area contributed by atoms with Gasteiger partial charge in [-0.2, -0.15) is 0 Å². The van der Waals surface area contributed by atoms with Crippen molar-refractivity contribution in [2.75, 3.05) is 4.90 Å². The number of allylic oxidation sites excluding steroid dienone is 2. The van der Waals surface area contributed by atoms with Gasteiger partial charge in [-0.15, -0.1) is 0 Å². The van der Waals surface area contributed by atoms with E-state index in [1.165, 1.54) is 0 Å². The van der Waals surface area contributed by atoms with Gasteiger partial charge in [0.15, 0.2) is 0 Å². The van der Waals surface area contributed by atoms with Crippen LogP contribution in [0.15, 0.2) is 229 Å². The van der Waals surface area contributed by atoms with Crippen molar-refractivity contribution in [3.8, 4) is 33.4 Å². The summed E-state index contributed by atoms with van der Waals surface area (Å²) in [6.45, 7) is 0. The van der Waals surface area contributed by atoms with E-state index >= 15 is 4.39 Å². The molecule has 0 bridgehead atoms. The maximum absolute atomic E-state index is 15.6. The van der Waals surface area contributed by atoms with Crippen molar-refractivity contribution in [2.45, 2.75) is 11.5 Å². The lowest BCUT2D eigenvalue weighted by atomic mass is 9.64. The van der Waals surface area contributed by atoms with Crippen molar-refractivity contribution in [3.63, 3.8) is 0 Å². The van der Waals surface area contributed by atoms with Crippen LogP contribution in [0.3, 0.4) is 0 Å². The number of anilines is 3. The van der Waals surface area contributed by atoms with Gasteiger partial charge in [0.25, 0.3) is 0 Å². The molecule has 2 N–H and O–H groups in total. The fraction of sp³-hybridized carbons (Fsp3) is 0.0351. The number of fused-ring (bicyclic) bond motifs is 9. The number of benzene rings is 8. The second-order valence-electron chi connectivity index (χ2n) is 15.8. The van der Waals surface area contributed by atoms with Crippen LogP contribution in [0.4, 0.5) is 21.5 Å². The van der Waals surface area contributed by atoms with E-state index < -0.39 is 5.41 Å². The molecule has 0 saturated carbocycles. The van der Waals surface area contributed by atoms with E-state index in [2.05, 4.69) is 151 Å². The molecule has 3 nitrogen and oxygen atoms in total. The smallest absolute Gasteiger partial charge is 0.123 e. The number of hydrogen-bond acceptors (Lipinski definition) is 3. The molecule has 0 fully saturated rings. The van der Waals surface area contributed by atoms with Gasteiger partial charge in [-0.1, -0.05) is 170 Å². The van der Waals surface area contributed by atoms with Crippen LogP contribution in [0.2, 0.25) is 0 Å². The third kappa shape index (κ3) is 5.98. The second kappa shape index (κ2) is 14.8. The SMILES string of the molecule is N/C(=C1/C=CC=CC1/N=C/c1cccc(-c2ccc(-c3ccc4c(c3)C3(c5cc(F)ccc5-4)c4ccccc4N(c4ccccc4)c4ccccc43)cc2)c1)c1ccccc1. The topological polar surface area (TPSA) is 41.6 Å². The first-order chi connectivity index (χ1) is 30.1. The van der Waals surface area contributed by atoms with Crippen LogP contribution in [0.1, 0.15) is 33.4 Å². The zero-order valence-corrected chi connectivity index (χ0v) is 33.3. The van der Waals surface area contributed by atoms with Crippen molar-refractivity contribution in [1.29, 1.82) is 0 Å². The molecule has 1 atom stereocenters. The van der Waals surface area contributed by atoms with Crippen molar-refractivity contribution in [3.05, 3.63) is 263 Å². The molecule has 3 aliphatic rings. The van der Waals surface area contributed by atoms with Crippen LogP contribution in [-0.2, 0) is 5.41 Å². The highest BCUT2D eigenvalue weighted by Gasteiger charge is 2.52. The van der Waals surface area contributed by atoms with Gasteiger partial charge < -0.3 is 10.6 Å². The summed E-state index contributed by atoms with van der Waals surface area (Å²) in [5.41, 5.74) is 23.9. The number of rotatable bonds is 6. The predicted octanol–water partition coefficient (Wildman–Crippen LogP) is 13.6. The van der Waals surface area contributed by atoms with E-state index in [0.717, 1.165) is 95.1 Å². The minimum absolute atomic E-state index is 0.176. The summed E-state index contributed by atoms with van der Waals surface area (Å²) in [4.78, 5) is 7.32. The average molecular weight is 786 g/mol. The van der Waals surface area contributed by atoms with Crippen LogP contribution in [0, 0.1) is 5.82 Å². The van der Waals surface area contributed by atoms with E-state index in [1.807, 2.05) is 66.9 Å². The molecule has 1 unspecified atom stereocenters. The van der Waals surface area contributed by atoms with E-state index in [0.29, 0.717) is 0 Å². The second-order valence-corrected chi connectivity index (χ2v) is 15.8. The molecular formula is C57H40FN3. The quantitative estimate of drug-likeness (QED) is 0.171. The van der Waals surface area contributed by atoms with Gasteiger partial charge in [-0.25, -0.2) is 4.39 Å². The van der Waals surface area contributed by atoms with Crippen LogP contribution >= 0.6 is 0 Å². The fourth-order valence-corrected chi connectivity index (χ4v) is 9.67. The highest BCUT2D eigenvalue weighted by atomic mass is 19.1. The first-order valence-electron chi connectivity index (χ1n) is 20.7. The lowest BCUT2D eigenvalue weighted by Gasteiger charge is -2.45. The number of nitrogens with zero attached hydrogens (tertiary/aromatic N) is 2. The Morgan fingerprint density at radius 3 is 1.84 bits per heavy atom. The maximum atomic E-state index is 15.6. The normalized spacial score (nSPS) is 16.3. The van der Waals surface area contributed by atoms with E-state index in [9.17, 15) is 0 Å². The summed E-state index contributed by atoms with van der Waals surface area (Å²) in [6.07, 6.45) is 10.1. The molecule has 290 valence electrons. The summed E-state index contributed by atoms with van der Waals surface area (Å²) in [6, 6.07) is 67.0. The molecule has 8 aromatic rings. The Kier molecular flexibility index (Phi) is 8.79. The molecule has 8 aromatic carbocycles. The highest BCUT2D eigenvalue weighted by molar-refractivity contribution is 5.96. The Hall–Kier alpha value is -7.82. The van der Waals surface area contributed by atoms with Crippen molar-refractivity contribution in [1.82, 2.24) is 0 Å². The summed E-state index contributed by atoms with van der Waals surface area (Å²) < 4.78 is 15.6. The van der Waals surface area contributed by atoms with Gasteiger partial charge in [-0.3, -0.25) is 4.99 Å². The Balaban J connectivity index is 0.965. The summed E-state index contributed by atoms with van der Waals surface area (Å²) in [5.74, 6) is -0.241. The summed E-state index contributed by atoms with van der Waals surface area (Å²) >= 11 is 0. The fourth-order valence-electron chi connectivity index (χ4n) is 9.67. The van der Waals surface area contributed by atoms with Crippen molar-refractivity contribution >= 4 is 29.0 Å². The molecule has 61 heavy (non-hydrogen) atoms. The third-order valence-electron chi connectivity index (χ3n) is 12.4. The summed E-state index contributed by atoms with van der Waals surface area (Å²) in [7, 11) is 0. The standard InChI is InChI=1S/C57H40FN3/c58-44-31-33-47-46-32-30-43(35-51(46)57(52(47)36-44)49-21-8-11-24-54(49)61(45-18-5-2-6-19-45)55-25-12-9-22-50(55)57)40-28-26-39(27-29-40)42-17-13-14-38(34-42)37-60-53-23-10-7-20-48(53)56(59)41-15-3-1-4-16-41/h1-37,53H,59H2/b56-48-,60-37+. The molecule has 0 amide bonds. The summed E-state index contributed by atoms with van der Waals surface area (Å²) in [5, 5.41) is 0. The molecule has 1 spiro atoms. The number of aliphatic imine (C=N–C) groups is 1. The Bertz CT molecular complexity index is 3060. The molecule has 4 heteroatoms. The Morgan fingerprint density at radius 2 is 1.13 bits per heavy atom. The minimum Gasteiger partial charge on any atom is -0.398 e. The van der Waals surface area contributed by atoms with Gasteiger partial charge in [0.05, 0.1) is 22.8 Å². The number of halogens is 1. The zero-order chi connectivity index (χ0) is 40.9. The van der Waals surface area contributed by atoms with Crippen LogP contribution in [-0.4, -0.2) is 12.3 Å². The molecule has 1 aliphatic heterocycles. The van der Waals surface area contributed by atoms with Crippen LogP contribution < -0.4 is 10.6 Å². The first-order valence-corrected chi connectivity index (χ1v) is 20.7. The van der Waals surface area contributed by atoms with Gasteiger partial charge in [-0.05, 0) is 115 Å². The molecule has 0 saturated heterocycles. The predicted molar refractivity (Wildman–Crippen MR) is 250 cm³/mol. The monoisotopic (exact) mass is 785 g/mol. The maximum Gasteiger partial charge on any atom is 0.123 e. The van der Waals surface area contributed by atoms with Crippen LogP contribution in [0.5, 0.6) is 0 Å². The lowest BCUT2D eigenvalue weighted by molar-refractivity contribution is 0.621. The molecule has 1 heterocycles. The number of hydrogen-bond donors (Lipinski definition) is 1. The van der Waals surface area contributed by atoms with Crippen LogP contribution in [0.25, 0.3) is 39.1 Å². The van der Waals surface area contributed by atoms with E-state index in [-0.39, 0.29) is 11.9 Å². The van der Waals surface area contributed by atoms with Gasteiger partial charge in [0, 0.05) is 23.2 Å². The van der Waals surface area contributed by atoms with Crippen molar-refractivity contribution < 1.29 is 4.39 Å². The Labute approximate surface area is 355 Å². The number of para-hydroxylation sites is 3. The third-order valence-corrected chi connectivity index (χ3v) is 12.4. The lowest BCUT2D eigenvalue weighted by Crippen LogP contribution is -2.36. The molecule has 11 rings (SSSR count). The molecule has 2 aliphatic carbocycles. The number of nitrogens with two attached hydrogens (primary N) is 1. The molecular weight excluding hydrogens is 746 g/mol. The Morgan fingerprint density at radius 1 is 0.541 bits per heavy atom. The minimum atomic E-state index is -0.739. The molecule has 0 radical (unpaired) electrons. The van der Waals surface area contributed by atoms with E-state index in [1.54, 1.807) is 12.1 Å². The molecule has 0 aromatic heterocycles. The van der Waals surface area contributed by atoms with Crippen molar-refractivity contribution in [2.24, 2.45) is 10.7 Å². The van der Waals surface area contributed by atoms with Gasteiger partial charge in [0.1, 0.15) is 5.82 Å². The highest BCUT2D eigenvalue weighted by Crippen LogP contribution is 2.63. The van der Waals surface area contributed by atoms with E-state index in [4.69, 9.17) is 10.7 Å².